The van der Waals surface area contributed by atoms with E-state index < -0.39 is 9.84 Å². The van der Waals surface area contributed by atoms with E-state index in [0.29, 0.717) is 19.3 Å². The zero-order valence-corrected chi connectivity index (χ0v) is 11.4. The van der Waals surface area contributed by atoms with Gasteiger partial charge in [0.05, 0.1) is 11.5 Å². The Hall–Kier alpha value is -1.16. The fourth-order valence-electron chi connectivity index (χ4n) is 2.48. The Morgan fingerprint density at radius 2 is 2.17 bits per heavy atom. The molecule has 1 aromatic carbocycles. The van der Waals surface area contributed by atoms with Crippen molar-refractivity contribution in [2.24, 2.45) is 5.92 Å². The van der Waals surface area contributed by atoms with E-state index in [4.69, 9.17) is 0 Å². The molecule has 1 heterocycles. The molecule has 0 aliphatic carbocycles. The lowest BCUT2D eigenvalue weighted by Gasteiger charge is -2.07. The van der Waals surface area contributed by atoms with Crippen molar-refractivity contribution in [1.29, 1.82) is 0 Å². The minimum atomic E-state index is -2.87. The van der Waals surface area contributed by atoms with E-state index in [2.05, 4.69) is 0 Å². The monoisotopic (exact) mass is 266 g/mol. The fourth-order valence-corrected chi connectivity index (χ4v) is 4.34. The molecule has 1 saturated heterocycles. The lowest BCUT2D eigenvalue weighted by atomic mass is 9.97. The summed E-state index contributed by atoms with van der Waals surface area (Å²) in [5.41, 5.74) is 2.16. The van der Waals surface area contributed by atoms with Gasteiger partial charge < -0.3 is 0 Å². The van der Waals surface area contributed by atoms with Crippen molar-refractivity contribution in [3.05, 3.63) is 35.4 Å². The molecule has 1 aliphatic rings. The van der Waals surface area contributed by atoms with Crippen LogP contribution >= 0.6 is 0 Å². The number of carbonyl (C=O) groups excluding carboxylic acids is 1. The number of benzene rings is 1. The number of hydrogen-bond donors (Lipinski definition) is 0. The summed E-state index contributed by atoms with van der Waals surface area (Å²) in [6, 6.07) is 7.88. The number of aryl methyl sites for hydroxylation is 1. The molecule has 1 fully saturated rings. The lowest BCUT2D eigenvalue weighted by Crippen LogP contribution is -2.12. The molecule has 1 unspecified atom stereocenters. The average molecular weight is 266 g/mol. The van der Waals surface area contributed by atoms with Gasteiger partial charge in [-0.05, 0) is 24.8 Å². The first-order valence-corrected chi connectivity index (χ1v) is 8.04. The number of rotatable bonds is 4. The van der Waals surface area contributed by atoms with Gasteiger partial charge in [-0.3, -0.25) is 4.79 Å². The van der Waals surface area contributed by atoms with Crippen molar-refractivity contribution in [2.45, 2.75) is 26.2 Å². The average Bonchev–Trinajstić information content (AvgIpc) is 2.57. The highest BCUT2D eigenvalue weighted by molar-refractivity contribution is 7.91. The summed E-state index contributed by atoms with van der Waals surface area (Å²) in [6.07, 6.45) is 1.45. The normalized spacial score (nSPS) is 21.9. The van der Waals surface area contributed by atoms with Gasteiger partial charge in [-0.2, -0.15) is 0 Å². The SMILES string of the molecule is Cc1cccc(CC(=O)CC2CCS(=O)(=O)C2)c1. The van der Waals surface area contributed by atoms with Crippen LogP contribution in [0.1, 0.15) is 24.0 Å². The van der Waals surface area contributed by atoms with Crippen LogP contribution in [0.5, 0.6) is 0 Å². The second-order valence-electron chi connectivity index (χ2n) is 5.18. The predicted octanol–water partition coefficient (Wildman–Crippen LogP) is 1.93. The molecule has 2 rings (SSSR count). The highest BCUT2D eigenvalue weighted by Gasteiger charge is 2.29. The third kappa shape index (κ3) is 3.67. The molecule has 0 spiro atoms. The van der Waals surface area contributed by atoms with Crippen LogP contribution in [0.4, 0.5) is 0 Å². The summed E-state index contributed by atoms with van der Waals surface area (Å²) in [5.74, 6) is 0.608. The Balaban J connectivity index is 1.90. The number of carbonyl (C=O) groups is 1. The van der Waals surface area contributed by atoms with E-state index in [1.165, 1.54) is 0 Å². The predicted molar refractivity (Wildman–Crippen MR) is 71.3 cm³/mol. The van der Waals surface area contributed by atoms with Crippen LogP contribution in [-0.2, 0) is 21.1 Å². The van der Waals surface area contributed by atoms with Crippen LogP contribution in [0.2, 0.25) is 0 Å². The number of Topliss-reactive ketones (excluding diaryl/α,β-unsaturated/α-hetero) is 1. The molecule has 0 N–H and O–H groups in total. The Labute approximate surface area is 108 Å². The Kier molecular flexibility index (Phi) is 3.85. The lowest BCUT2D eigenvalue weighted by molar-refractivity contribution is -0.119. The van der Waals surface area contributed by atoms with Crippen LogP contribution in [0.15, 0.2) is 24.3 Å². The van der Waals surface area contributed by atoms with Gasteiger partial charge in [-0.25, -0.2) is 8.42 Å². The van der Waals surface area contributed by atoms with Crippen molar-refractivity contribution >= 4 is 15.6 Å². The molecule has 0 aromatic heterocycles. The van der Waals surface area contributed by atoms with Crippen molar-refractivity contribution in [3.8, 4) is 0 Å². The Morgan fingerprint density at radius 3 is 2.78 bits per heavy atom. The number of ketones is 1. The minimum Gasteiger partial charge on any atom is -0.299 e. The van der Waals surface area contributed by atoms with Gasteiger partial charge in [0.2, 0.25) is 0 Å². The first-order chi connectivity index (χ1) is 8.44. The molecule has 3 nitrogen and oxygen atoms in total. The maximum Gasteiger partial charge on any atom is 0.150 e. The highest BCUT2D eigenvalue weighted by atomic mass is 32.2. The first-order valence-electron chi connectivity index (χ1n) is 6.22. The Morgan fingerprint density at radius 1 is 1.39 bits per heavy atom. The maximum absolute atomic E-state index is 11.9. The fraction of sp³-hybridized carbons (Fsp3) is 0.500. The molecule has 1 aromatic rings. The molecule has 1 atom stereocenters. The maximum atomic E-state index is 11.9. The molecular weight excluding hydrogens is 248 g/mol. The standard InChI is InChI=1S/C14H18O3S/c1-11-3-2-4-12(7-11)8-14(15)9-13-5-6-18(16,17)10-13/h2-4,7,13H,5-6,8-10H2,1H3. The summed E-state index contributed by atoms with van der Waals surface area (Å²) in [4.78, 5) is 11.9. The van der Waals surface area contributed by atoms with E-state index in [-0.39, 0.29) is 23.2 Å². The number of hydrogen-bond acceptors (Lipinski definition) is 3. The molecule has 0 amide bonds. The van der Waals surface area contributed by atoms with Gasteiger partial charge in [0.1, 0.15) is 5.78 Å². The first kappa shape index (κ1) is 13.3. The molecule has 0 radical (unpaired) electrons. The van der Waals surface area contributed by atoms with Gasteiger partial charge in [-0.15, -0.1) is 0 Å². The van der Waals surface area contributed by atoms with Crippen molar-refractivity contribution in [3.63, 3.8) is 0 Å². The van der Waals surface area contributed by atoms with Crippen LogP contribution in [0.25, 0.3) is 0 Å². The van der Waals surface area contributed by atoms with E-state index in [0.717, 1.165) is 11.1 Å². The van der Waals surface area contributed by atoms with E-state index >= 15 is 0 Å². The van der Waals surface area contributed by atoms with E-state index in [1.807, 2.05) is 31.2 Å². The second kappa shape index (κ2) is 5.22. The van der Waals surface area contributed by atoms with Crippen LogP contribution in [0, 0.1) is 12.8 Å². The van der Waals surface area contributed by atoms with Crippen molar-refractivity contribution in [1.82, 2.24) is 0 Å². The topological polar surface area (TPSA) is 51.2 Å². The minimum absolute atomic E-state index is 0.0345. The van der Waals surface area contributed by atoms with Gasteiger partial charge in [0.25, 0.3) is 0 Å². The zero-order valence-electron chi connectivity index (χ0n) is 10.6. The van der Waals surface area contributed by atoms with Crippen molar-refractivity contribution < 1.29 is 13.2 Å². The molecule has 4 heteroatoms. The highest BCUT2D eigenvalue weighted by Crippen LogP contribution is 2.22. The van der Waals surface area contributed by atoms with Gasteiger partial charge in [-0.1, -0.05) is 29.8 Å². The summed E-state index contributed by atoms with van der Waals surface area (Å²) >= 11 is 0. The largest absolute Gasteiger partial charge is 0.299 e. The molecular formula is C14H18O3S. The third-order valence-electron chi connectivity index (χ3n) is 3.33. The third-order valence-corrected chi connectivity index (χ3v) is 5.16. The second-order valence-corrected chi connectivity index (χ2v) is 7.41. The molecule has 1 aliphatic heterocycles. The molecule has 18 heavy (non-hydrogen) atoms. The summed E-state index contributed by atoms with van der Waals surface area (Å²) in [5, 5.41) is 0. The molecule has 98 valence electrons. The van der Waals surface area contributed by atoms with E-state index in [9.17, 15) is 13.2 Å². The quantitative estimate of drug-likeness (QED) is 0.836. The van der Waals surface area contributed by atoms with E-state index in [1.54, 1.807) is 0 Å². The van der Waals surface area contributed by atoms with Gasteiger partial charge >= 0.3 is 0 Å². The van der Waals surface area contributed by atoms with Crippen LogP contribution in [0.3, 0.4) is 0 Å². The van der Waals surface area contributed by atoms with Crippen LogP contribution in [-0.4, -0.2) is 25.7 Å². The Bertz CT molecular complexity index is 546. The van der Waals surface area contributed by atoms with Crippen molar-refractivity contribution in [2.75, 3.05) is 11.5 Å². The molecule has 0 bridgehead atoms. The summed E-state index contributed by atoms with van der Waals surface area (Å²) < 4.78 is 22.6. The summed E-state index contributed by atoms with van der Waals surface area (Å²) in [7, 11) is -2.87. The number of sulfone groups is 1. The summed E-state index contributed by atoms with van der Waals surface area (Å²) in [6.45, 7) is 2.00. The van der Waals surface area contributed by atoms with Gasteiger partial charge in [0, 0.05) is 12.8 Å². The zero-order chi connectivity index (χ0) is 13.2. The molecule has 0 saturated carbocycles. The van der Waals surface area contributed by atoms with Crippen LogP contribution < -0.4 is 0 Å². The van der Waals surface area contributed by atoms with Gasteiger partial charge in [0.15, 0.2) is 9.84 Å². The smallest absolute Gasteiger partial charge is 0.150 e.